The van der Waals surface area contributed by atoms with Crippen LogP contribution in [0, 0.1) is 0 Å². The van der Waals surface area contributed by atoms with Gasteiger partial charge in [0.1, 0.15) is 5.82 Å². The molecule has 0 spiro atoms. The number of hydrogen-bond donors (Lipinski definition) is 1. The molecule has 2 aliphatic rings. The van der Waals surface area contributed by atoms with E-state index >= 15 is 0 Å². The minimum Gasteiger partial charge on any atom is -0.779 e. The quantitative estimate of drug-likeness (QED) is 0.729. The van der Waals surface area contributed by atoms with E-state index < -0.39 is 10.8 Å². The summed E-state index contributed by atoms with van der Waals surface area (Å²) in [6, 6.07) is 14.8. The first-order chi connectivity index (χ1) is 13.1. The summed E-state index contributed by atoms with van der Waals surface area (Å²) in [5, 5.41) is 4.28. The Morgan fingerprint density at radius 1 is 0.926 bits per heavy atom. The van der Waals surface area contributed by atoms with Crippen LogP contribution in [0.5, 0.6) is 0 Å². The number of nitrogens with zero attached hydrogens (tertiary/aromatic N) is 4. The first-order valence-electron chi connectivity index (χ1n) is 8.98. The maximum absolute atomic E-state index is 13.0. The Morgan fingerprint density at radius 2 is 1.67 bits per heavy atom. The highest BCUT2D eigenvalue weighted by atomic mass is 32.3. The summed E-state index contributed by atoms with van der Waals surface area (Å²) in [4.78, 5) is 11.8. The second-order valence-electron chi connectivity index (χ2n) is 6.72. The van der Waals surface area contributed by atoms with Crippen molar-refractivity contribution >= 4 is 33.4 Å². The number of piperazine rings is 1. The average molecular weight is 381 g/mol. The van der Waals surface area contributed by atoms with Gasteiger partial charge in [0.05, 0.1) is 12.1 Å². The Bertz CT molecular complexity index is 1010. The highest BCUT2D eigenvalue weighted by Gasteiger charge is 2.27. The van der Waals surface area contributed by atoms with Gasteiger partial charge in [-0.05, 0) is 23.8 Å². The SMILES string of the molecule is [O-]S1([O-])c2ccccc2CN1c1nc(N2CCNCC2)c2ccccc2n1. The molecule has 27 heavy (non-hydrogen) atoms. The van der Waals surface area contributed by atoms with E-state index in [4.69, 9.17) is 4.98 Å². The van der Waals surface area contributed by atoms with Crippen molar-refractivity contribution in [2.24, 2.45) is 0 Å². The molecular weight excluding hydrogens is 362 g/mol. The molecule has 1 saturated heterocycles. The monoisotopic (exact) mass is 381 g/mol. The van der Waals surface area contributed by atoms with Crippen LogP contribution in [0.4, 0.5) is 11.8 Å². The summed E-state index contributed by atoms with van der Waals surface area (Å²) < 4.78 is 27.4. The van der Waals surface area contributed by atoms with E-state index in [2.05, 4.69) is 15.2 Å². The van der Waals surface area contributed by atoms with Gasteiger partial charge in [0.25, 0.3) is 0 Å². The number of para-hydroxylation sites is 1. The number of rotatable bonds is 2. The predicted octanol–water partition coefficient (Wildman–Crippen LogP) is 2.40. The molecule has 5 rings (SSSR count). The summed E-state index contributed by atoms with van der Waals surface area (Å²) in [6.07, 6.45) is 0. The molecule has 0 amide bonds. The molecule has 0 unspecified atom stereocenters. The summed E-state index contributed by atoms with van der Waals surface area (Å²) >= 11 is 0. The lowest BCUT2D eigenvalue weighted by Gasteiger charge is -2.62. The van der Waals surface area contributed by atoms with E-state index in [-0.39, 0.29) is 12.5 Å². The van der Waals surface area contributed by atoms with Crippen LogP contribution < -0.4 is 14.5 Å². The molecule has 3 heterocycles. The smallest absolute Gasteiger partial charge is 0.242 e. The number of hydrogen-bond acceptors (Lipinski definition) is 7. The summed E-state index contributed by atoms with van der Waals surface area (Å²) in [5.41, 5.74) is 1.53. The standard InChI is InChI=1S/C19H21N5O2S/c25-27(26)17-8-4-1-5-14(17)13-24(27)19-21-16-7-3-2-6-15(16)18(22-19)23-11-9-20-10-12-23/h1-8,20,25-26H,9-13H2/p-2. The molecule has 7 nitrogen and oxygen atoms in total. The van der Waals surface area contributed by atoms with Gasteiger partial charge in [0.2, 0.25) is 5.95 Å². The fourth-order valence-electron chi connectivity index (χ4n) is 3.70. The third kappa shape index (κ3) is 2.72. The van der Waals surface area contributed by atoms with Crippen molar-refractivity contribution in [3.05, 3.63) is 54.1 Å². The molecule has 1 N–H and O–H groups in total. The molecule has 0 bridgehead atoms. The molecule has 2 aliphatic heterocycles. The zero-order chi connectivity index (χ0) is 18.4. The van der Waals surface area contributed by atoms with Crippen LogP contribution in [0.15, 0.2) is 53.4 Å². The van der Waals surface area contributed by atoms with Crippen molar-refractivity contribution < 1.29 is 9.11 Å². The van der Waals surface area contributed by atoms with Gasteiger partial charge in [-0.3, -0.25) is 4.31 Å². The zero-order valence-electron chi connectivity index (χ0n) is 14.7. The average Bonchev–Trinajstić information content (AvgIpc) is 2.99. The highest BCUT2D eigenvalue weighted by Crippen LogP contribution is 2.59. The lowest BCUT2D eigenvalue weighted by atomic mass is 10.2. The number of fused-ring (bicyclic) bond motifs is 2. The van der Waals surface area contributed by atoms with E-state index in [1.54, 1.807) is 12.1 Å². The molecule has 0 aliphatic carbocycles. The Morgan fingerprint density at radius 3 is 2.48 bits per heavy atom. The third-order valence-electron chi connectivity index (χ3n) is 5.07. The van der Waals surface area contributed by atoms with Crippen molar-refractivity contribution in [2.45, 2.75) is 11.4 Å². The number of nitrogens with one attached hydrogen (secondary N) is 1. The normalized spacial score (nSPS) is 19.9. The summed E-state index contributed by atoms with van der Waals surface area (Å²) in [6.45, 7) is 3.67. The Kier molecular flexibility index (Phi) is 3.94. The van der Waals surface area contributed by atoms with Gasteiger partial charge in [-0.15, -0.1) is 0 Å². The van der Waals surface area contributed by atoms with Crippen molar-refractivity contribution in [1.82, 2.24) is 15.3 Å². The molecular formula is C19H19N5O2S-2. The Hall–Kier alpha value is -2.39. The molecule has 1 aromatic heterocycles. The molecule has 1 fully saturated rings. The van der Waals surface area contributed by atoms with Gasteiger partial charge in [-0.1, -0.05) is 30.3 Å². The van der Waals surface area contributed by atoms with Crippen molar-refractivity contribution in [1.29, 1.82) is 0 Å². The van der Waals surface area contributed by atoms with Gasteiger partial charge in [-0.25, -0.2) is 4.98 Å². The molecule has 140 valence electrons. The summed E-state index contributed by atoms with van der Waals surface area (Å²) in [7, 11) is -3.64. The number of benzene rings is 2. The van der Waals surface area contributed by atoms with Crippen LogP contribution in [0.25, 0.3) is 10.9 Å². The predicted molar refractivity (Wildman–Crippen MR) is 105 cm³/mol. The Balaban J connectivity index is 1.64. The van der Waals surface area contributed by atoms with Gasteiger partial charge in [0, 0.05) is 36.5 Å². The second-order valence-corrected chi connectivity index (χ2v) is 8.55. The Labute approximate surface area is 159 Å². The fraction of sp³-hybridized carbons (Fsp3) is 0.263. The van der Waals surface area contributed by atoms with E-state index in [1.807, 2.05) is 36.4 Å². The minimum absolute atomic E-state index is 0.235. The second kappa shape index (κ2) is 6.35. The van der Waals surface area contributed by atoms with Crippen LogP contribution in [0.1, 0.15) is 5.56 Å². The number of aromatic nitrogens is 2. The van der Waals surface area contributed by atoms with Crippen molar-refractivity contribution in [2.75, 3.05) is 35.4 Å². The molecule has 0 saturated carbocycles. The maximum atomic E-state index is 13.0. The summed E-state index contributed by atoms with van der Waals surface area (Å²) in [5.74, 6) is 1.03. The minimum atomic E-state index is -3.64. The van der Waals surface area contributed by atoms with E-state index in [1.165, 1.54) is 4.31 Å². The number of sulfonamides is 1. The number of anilines is 2. The van der Waals surface area contributed by atoms with Crippen LogP contribution in [0.3, 0.4) is 0 Å². The van der Waals surface area contributed by atoms with Crippen LogP contribution in [-0.2, 0) is 6.54 Å². The van der Waals surface area contributed by atoms with E-state index in [0.717, 1.165) is 48.5 Å². The zero-order valence-corrected chi connectivity index (χ0v) is 15.5. The third-order valence-corrected chi connectivity index (χ3v) is 6.89. The molecule has 3 aromatic rings. The topological polar surface area (TPSA) is 90.4 Å². The van der Waals surface area contributed by atoms with Gasteiger partial charge < -0.3 is 30.1 Å². The largest absolute Gasteiger partial charge is 0.779 e. The first-order valence-corrected chi connectivity index (χ1v) is 10.4. The lowest BCUT2D eigenvalue weighted by molar-refractivity contribution is 0.444. The van der Waals surface area contributed by atoms with Crippen LogP contribution >= 0.6 is 10.8 Å². The lowest BCUT2D eigenvalue weighted by Crippen LogP contribution is -2.44. The fourth-order valence-corrected chi connectivity index (χ4v) is 5.26. The van der Waals surface area contributed by atoms with Crippen molar-refractivity contribution in [3.8, 4) is 0 Å². The van der Waals surface area contributed by atoms with Gasteiger partial charge in [-0.2, -0.15) is 4.98 Å². The molecule has 2 aromatic carbocycles. The highest BCUT2D eigenvalue weighted by molar-refractivity contribution is 8.25. The van der Waals surface area contributed by atoms with Crippen LogP contribution in [0.2, 0.25) is 0 Å². The van der Waals surface area contributed by atoms with Gasteiger partial charge in [0.15, 0.2) is 0 Å². The molecule has 0 radical (unpaired) electrons. The van der Waals surface area contributed by atoms with E-state index in [0.29, 0.717) is 4.90 Å². The first kappa shape index (κ1) is 16.8. The van der Waals surface area contributed by atoms with E-state index in [9.17, 15) is 9.11 Å². The molecule has 0 atom stereocenters. The molecule has 8 heteroatoms. The van der Waals surface area contributed by atoms with Gasteiger partial charge >= 0.3 is 0 Å². The maximum Gasteiger partial charge on any atom is 0.242 e. The van der Waals surface area contributed by atoms with Crippen LogP contribution in [-0.4, -0.2) is 45.3 Å². The van der Waals surface area contributed by atoms with Crippen molar-refractivity contribution in [3.63, 3.8) is 0 Å².